The molecule has 1 N–H and O–H groups in total. The van der Waals surface area contributed by atoms with Crippen molar-refractivity contribution < 1.29 is 23.2 Å². The van der Waals surface area contributed by atoms with Gasteiger partial charge in [-0.2, -0.15) is 13.2 Å². The van der Waals surface area contributed by atoms with Crippen molar-refractivity contribution in [3.8, 4) is 0 Å². The summed E-state index contributed by atoms with van der Waals surface area (Å²) in [5.41, 5.74) is -2.49. The van der Waals surface area contributed by atoms with E-state index in [9.17, 15) is 28.4 Å². The Hall–Kier alpha value is -2.91. The second-order valence-electron chi connectivity index (χ2n) is 8.31. The molecule has 0 saturated carbocycles. The molecular formula is C23H24F3N3O3. The van der Waals surface area contributed by atoms with Crippen molar-refractivity contribution in [2.45, 2.75) is 37.6 Å². The minimum Gasteiger partial charge on any atom is -0.375 e. The van der Waals surface area contributed by atoms with Crippen LogP contribution in [0.1, 0.15) is 30.4 Å². The largest absolute Gasteiger partial charge is 0.422 e. The molecule has 2 aromatic carbocycles. The summed E-state index contributed by atoms with van der Waals surface area (Å²) in [7, 11) is 0. The van der Waals surface area contributed by atoms with E-state index in [0.717, 1.165) is 24.8 Å². The fourth-order valence-electron chi connectivity index (χ4n) is 4.40. The van der Waals surface area contributed by atoms with Gasteiger partial charge in [0.2, 0.25) is 5.60 Å². The quantitative estimate of drug-likeness (QED) is 0.434. The maximum atomic E-state index is 14.3. The Morgan fingerprint density at radius 1 is 1.03 bits per heavy atom. The Bertz CT molecular complexity index is 1110. The van der Waals surface area contributed by atoms with Gasteiger partial charge in [0.25, 0.3) is 5.69 Å². The van der Waals surface area contributed by atoms with Crippen molar-refractivity contribution in [2.24, 2.45) is 0 Å². The molecule has 0 radical (unpaired) electrons. The van der Waals surface area contributed by atoms with E-state index in [1.54, 1.807) is 9.47 Å². The molecule has 2 heterocycles. The lowest BCUT2D eigenvalue weighted by atomic mass is 9.91. The maximum absolute atomic E-state index is 14.3. The molecule has 0 bridgehead atoms. The van der Waals surface area contributed by atoms with E-state index in [4.69, 9.17) is 0 Å². The van der Waals surface area contributed by atoms with Gasteiger partial charge in [-0.3, -0.25) is 15.0 Å². The zero-order valence-corrected chi connectivity index (χ0v) is 17.4. The van der Waals surface area contributed by atoms with Gasteiger partial charge in [-0.1, -0.05) is 36.8 Å². The highest BCUT2D eigenvalue weighted by atomic mass is 19.4. The first-order valence-corrected chi connectivity index (χ1v) is 10.5. The molecule has 0 aliphatic carbocycles. The van der Waals surface area contributed by atoms with Crippen LogP contribution in [-0.4, -0.2) is 45.3 Å². The zero-order chi connectivity index (χ0) is 22.9. The van der Waals surface area contributed by atoms with Crippen molar-refractivity contribution in [3.05, 3.63) is 76.0 Å². The predicted octanol–water partition coefficient (Wildman–Crippen LogP) is 4.83. The number of piperidine rings is 1. The Morgan fingerprint density at radius 3 is 2.34 bits per heavy atom. The number of aliphatic hydroxyl groups is 1. The summed E-state index contributed by atoms with van der Waals surface area (Å²) in [5, 5.41) is 22.6. The van der Waals surface area contributed by atoms with E-state index in [2.05, 4.69) is 0 Å². The number of alkyl halides is 3. The van der Waals surface area contributed by atoms with Crippen LogP contribution in [0.2, 0.25) is 0 Å². The molecule has 6 nitrogen and oxygen atoms in total. The molecule has 3 aromatic rings. The minimum atomic E-state index is -4.92. The number of benzene rings is 2. The van der Waals surface area contributed by atoms with Gasteiger partial charge in [-0.25, -0.2) is 0 Å². The van der Waals surface area contributed by atoms with E-state index in [1.807, 2.05) is 30.3 Å². The summed E-state index contributed by atoms with van der Waals surface area (Å²) in [5.74, 6) is 0. The van der Waals surface area contributed by atoms with Crippen molar-refractivity contribution in [1.29, 1.82) is 0 Å². The van der Waals surface area contributed by atoms with Crippen LogP contribution in [0.25, 0.3) is 10.9 Å². The van der Waals surface area contributed by atoms with Gasteiger partial charge in [-0.05, 0) is 37.6 Å². The second-order valence-corrected chi connectivity index (χ2v) is 8.31. The highest BCUT2D eigenvalue weighted by Crippen LogP contribution is 2.44. The molecule has 1 atom stereocenters. The van der Waals surface area contributed by atoms with Crippen molar-refractivity contribution in [1.82, 2.24) is 9.47 Å². The number of rotatable bonds is 6. The molecule has 1 unspecified atom stereocenters. The Kier molecular flexibility index (Phi) is 5.96. The maximum Gasteiger partial charge on any atom is 0.422 e. The normalized spacial score (nSPS) is 17.4. The van der Waals surface area contributed by atoms with Crippen molar-refractivity contribution in [3.63, 3.8) is 0 Å². The number of β-amino-alcohol motifs (C(OH)–C–C–N with tert-alkyl or cyclic N) is 1. The first-order chi connectivity index (χ1) is 15.2. The van der Waals surface area contributed by atoms with Gasteiger partial charge in [0.15, 0.2) is 0 Å². The van der Waals surface area contributed by atoms with Crippen LogP contribution in [0.15, 0.2) is 54.7 Å². The summed E-state index contributed by atoms with van der Waals surface area (Å²) in [6.45, 7) is 0.632. The molecule has 1 saturated heterocycles. The van der Waals surface area contributed by atoms with Gasteiger partial charge in [0.05, 0.1) is 10.4 Å². The third-order valence-corrected chi connectivity index (χ3v) is 6.09. The van der Waals surface area contributed by atoms with Crippen LogP contribution in [0, 0.1) is 10.1 Å². The molecule has 4 rings (SSSR count). The number of fused-ring (bicyclic) bond motifs is 1. The summed E-state index contributed by atoms with van der Waals surface area (Å²) in [6, 6.07) is 12.8. The SMILES string of the molecule is O=[N+]([O-])c1ccc2c(C(O)(CN3CCCCC3)C(F)(F)F)cn(Cc3ccccc3)c2c1. The van der Waals surface area contributed by atoms with Crippen LogP contribution in [0.3, 0.4) is 0 Å². The van der Waals surface area contributed by atoms with Gasteiger partial charge < -0.3 is 9.67 Å². The molecule has 0 amide bonds. The summed E-state index contributed by atoms with van der Waals surface area (Å²) in [6.07, 6.45) is -1.09. The highest BCUT2D eigenvalue weighted by molar-refractivity contribution is 5.87. The van der Waals surface area contributed by atoms with Gasteiger partial charge in [-0.15, -0.1) is 0 Å². The number of likely N-dealkylation sites (tertiary alicyclic amines) is 1. The average Bonchev–Trinajstić information content (AvgIpc) is 3.12. The second kappa shape index (κ2) is 8.55. The Labute approximate surface area is 183 Å². The topological polar surface area (TPSA) is 71.5 Å². The summed E-state index contributed by atoms with van der Waals surface area (Å²) < 4.78 is 44.5. The minimum absolute atomic E-state index is 0.156. The molecule has 1 fully saturated rings. The third-order valence-electron chi connectivity index (χ3n) is 6.09. The number of halogens is 3. The Morgan fingerprint density at radius 2 is 1.72 bits per heavy atom. The fraction of sp³-hybridized carbons (Fsp3) is 0.391. The number of nitro benzene ring substituents is 1. The van der Waals surface area contributed by atoms with Crippen LogP contribution < -0.4 is 0 Å². The van der Waals surface area contributed by atoms with Crippen LogP contribution in [0.4, 0.5) is 18.9 Å². The summed E-state index contributed by atoms with van der Waals surface area (Å²) >= 11 is 0. The molecule has 170 valence electrons. The average molecular weight is 447 g/mol. The van der Waals surface area contributed by atoms with Gasteiger partial charge in [0.1, 0.15) is 0 Å². The molecule has 1 aliphatic heterocycles. The van der Waals surface area contributed by atoms with Crippen LogP contribution in [-0.2, 0) is 12.1 Å². The number of nitrogens with zero attached hydrogens (tertiary/aromatic N) is 3. The number of hydrogen-bond acceptors (Lipinski definition) is 4. The molecular weight excluding hydrogens is 423 g/mol. The van der Waals surface area contributed by atoms with Gasteiger partial charge >= 0.3 is 6.18 Å². The Balaban J connectivity index is 1.86. The zero-order valence-electron chi connectivity index (χ0n) is 17.4. The van der Waals surface area contributed by atoms with E-state index < -0.39 is 23.2 Å². The number of hydrogen-bond donors (Lipinski definition) is 1. The lowest BCUT2D eigenvalue weighted by molar-refractivity contribution is -0.384. The van der Waals surface area contributed by atoms with Crippen LogP contribution >= 0.6 is 0 Å². The number of non-ortho nitro benzene ring substituents is 1. The lowest BCUT2D eigenvalue weighted by Crippen LogP contribution is -2.52. The fourth-order valence-corrected chi connectivity index (χ4v) is 4.40. The lowest BCUT2D eigenvalue weighted by Gasteiger charge is -2.37. The monoisotopic (exact) mass is 447 g/mol. The van der Waals surface area contributed by atoms with E-state index >= 15 is 0 Å². The van der Waals surface area contributed by atoms with Crippen molar-refractivity contribution in [2.75, 3.05) is 19.6 Å². The smallest absolute Gasteiger partial charge is 0.375 e. The first-order valence-electron chi connectivity index (χ1n) is 10.5. The number of nitro groups is 1. The predicted molar refractivity (Wildman–Crippen MR) is 114 cm³/mol. The third kappa shape index (κ3) is 4.22. The highest BCUT2D eigenvalue weighted by Gasteiger charge is 2.57. The first kappa shape index (κ1) is 22.3. The van der Waals surface area contributed by atoms with Crippen molar-refractivity contribution >= 4 is 16.6 Å². The van der Waals surface area contributed by atoms with Gasteiger partial charge in [0, 0.05) is 42.4 Å². The molecule has 0 spiro atoms. The van der Waals surface area contributed by atoms with E-state index in [-0.39, 0.29) is 28.7 Å². The summed E-state index contributed by atoms with van der Waals surface area (Å²) in [4.78, 5) is 12.4. The molecule has 1 aromatic heterocycles. The molecule has 1 aliphatic rings. The standard InChI is InChI=1S/C23H24F3N3O3/c24-23(25,26)22(30,16-27-11-5-2-6-12-27)20-15-28(14-17-7-3-1-4-8-17)21-13-18(29(31)32)9-10-19(20)21/h1,3-4,7-10,13,15,30H,2,5-6,11-12,14,16H2. The van der Waals surface area contributed by atoms with Crippen LogP contribution in [0.5, 0.6) is 0 Å². The van der Waals surface area contributed by atoms with E-state index in [1.165, 1.54) is 24.4 Å². The molecule has 32 heavy (non-hydrogen) atoms. The van der Waals surface area contributed by atoms with E-state index in [0.29, 0.717) is 13.1 Å². The number of aromatic nitrogens is 1. The molecule has 9 heteroatoms.